The molecule has 3 aromatic heterocycles. The first-order valence-electron chi connectivity index (χ1n) is 21.4. The monoisotopic (exact) mass is 846 g/mol. The molecular weight excluding hydrogens is 793 g/mol. The van der Waals surface area contributed by atoms with Crippen LogP contribution in [0.5, 0.6) is 0 Å². The highest BCUT2D eigenvalue weighted by Gasteiger charge is 2.30. The van der Waals surface area contributed by atoms with Gasteiger partial charge in [-0.2, -0.15) is 29.8 Å². The van der Waals surface area contributed by atoms with Gasteiger partial charge in [0, 0.05) is 22.5 Å². The van der Waals surface area contributed by atoms with Gasteiger partial charge in [-0.3, -0.25) is 0 Å². The van der Waals surface area contributed by atoms with Crippen LogP contribution in [0.2, 0.25) is 0 Å². The van der Waals surface area contributed by atoms with E-state index in [0.717, 1.165) is 38.9 Å². The number of nitrogens with two attached hydrogens (primary N) is 2. The molecule has 0 amide bonds. The molecule has 3 heterocycles. The molecule has 5 aromatic carbocycles. The normalized spacial score (nSPS) is 12.2. The van der Waals surface area contributed by atoms with Gasteiger partial charge in [0.05, 0.1) is 22.8 Å². The van der Waals surface area contributed by atoms with Crippen molar-refractivity contribution in [1.29, 1.82) is 0 Å². The molecule has 4 N–H and O–H groups in total. The Bertz CT molecular complexity index is 2830. The first-order chi connectivity index (χ1) is 30.4. The lowest BCUT2D eigenvalue weighted by molar-refractivity contribution is 0.559. The Morgan fingerprint density at radius 2 is 0.797 bits per heavy atom. The standard InChI is InChI=1S/C52H54N12/c1-31-14-18-35(19-15-31)37-22-26-39(27-23-37)57-59-44-46(51(5,6)7)61-63(48(44)53)41-30-42(56-50(55-41)43-33(3)12-11-13-34(43)4)64-49(54)45(47(62-64)52(8,9)10)60-58-40-28-24-38(25-29-40)36-20-16-32(2)17-21-36/h11-30H,53-54H2,1-10H3/b59-57+,60-58+. The van der Waals surface area contributed by atoms with E-state index >= 15 is 0 Å². The van der Waals surface area contributed by atoms with Crippen molar-refractivity contribution in [2.45, 2.75) is 80.1 Å². The fourth-order valence-corrected chi connectivity index (χ4v) is 7.47. The SMILES string of the molecule is Cc1ccc(-c2ccc(/N=N/c3c(C(C)(C)C)nn(-c4cc(-n5nc(C(C)(C)C)c(/N=N/c6ccc(-c7ccc(C)cc7)cc6)c5N)nc(-c5c(C)cccc5C)n4)c3N)cc2)cc1. The quantitative estimate of drug-likeness (QED) is 0.137. The van der Waals surface area contributed by atoms with E-state index in [1.807, 2.05) is 80.6 Å². The fraction of sp³-hybridized carbons (Fsp3) is 0.231. The largest absolute Gasteiger partial charge is 0.382 e. The number of benzene rings is 5. The molecule has 8 rings (SSSR count). The Hall–Kier alpha value is -7.60. The predicted molar refractivity (Wildman–Crippen MR) is 259 cm³/mol. The van der Waals surface area contributed by atoms with Gasteiger partial charge in [-0.05, 0) is 85.3 Å². The van der Waals surface area contributed by atoms with Crippen molar-refractivity contribution >= 4 is 34.4 Å². The zero-order chi connectivity index (χ0) is 45.5. The van der Waals surface area contributed by atoms with Gasteiger partial charge in [-0.1, -0.05) is 144 Å². The molecule has 0 radical (unpaired) electrons. The first kappa shape index (κ1) is 43.1. The third-order valence-corrected chi connectivity index (χ3v) is 11.1. The zero-order valence-corrected chi connectivity index (χ0v) is 38.2. The number of nitrogens with zero attached hydrogens (tertiary/aromatic N) is 10. The summed E-state index contributed by atoms with van der Waals surface area (Å²) in [4.78, 5) is 10.2. The Balaban J connectivity index is 1.22. The molecule has 0 saturated heterocycles. The molecule has 0 unspecified atom stereocenters. The summed E-state index contributed by atoms with van der Waals surface area (Å²) in [5, 5.41) is 28.9. The number of hydrogen-bond acceptors (Lipinski definition) is 10. The van der Waals surface area contributed by atoms with Crippen LogP contribution in [-0.4, -0.2) is 29.5 Å². The van der Waals surface area contributed by atoms with Crippen molar-refractivity contribution in [3.8, 4) is 45.3 Å². The molecule has 0 aliphatic carbocycles. The summed E-state index contributed by atoms with van der Waals surface area (Å²) in [5.41, 5.74) is 26.4. The maximum absolute atomic E-state index is 7.02. The van der Waals surface area contributed by atoms with Crippen LogP contribution in [-0.2, 0) is 10.8 Å². The summed E-state index contributed by atoms with van der Waals surface area (Å²) in [6, 6.07) is 40.7. The highest BCUT2D eigenvalue weighted by Crippen LogP contribution is 2.41. The lowest BCUT2D eigenvalue weighted by Gasteiger charge is -2.16. The van der Waals surface area contributed by atoms with Gasteiger partial charge < -0.3 is 11.5 Å². The van der Waals surface area contributed by atoms with E-state index in [0.29, 0.717) is 51.6 Å². The third kappa shape index (κ3) is 8.85. The minimum Gasteiger partial charge on any atom is -0.382 e. The fourth-order valence-electron chi connectivity index (χ4n) is 7.47. The molecule has 12 nitrogen and oxygen atoms in total. The van der Waals surface area contributed by atoms with Crippen molar-refractivity contribution in [2.24, 2.45) is 20.5 Å². The second-order valence-corrected chi connectivity index (χ2v) is 18.4. The second-order valence-electron chi connectivity index (χ2n) is 18.4. The number of aromatic nitrogens is 6. The van der Waals surface area contributed by atoms with E-state index in [1.165, 1.54) is 11.1 Å². The third-order valence-electron chi connectivity index (χ3n) is 11.1. The molecule has 8 aromatic rings. The van der Waals surface area contributed by atoms with Crippen LogP contribution < -0.4 is 11.5 Å². The zero-order valence-electron chi connectivity index (χ0n) is 38.2. The summed E-state index contributed by atoms with van der Waals surface area (Å²) < 4.78 is 3.20. The first-order valence-corrected chi connectivity index (χ1v) is 21.4. The van der Waals surface area contributed by atoms with Crippen molar-refractivity contribution in [1.82, 2.24) is 29.5 Å². The molecule has 0 spiro atoms. The molecule has 0 aliphatic heterocycles. The Kier molecular flexibility index (Phi) is 11.4. The number of rotatable bonds is 9. The molecule has 0 fully saturated rings. The van der Waals surface area contributed by atoms with E-state index < -0.39 is 10.8 Å². The molecule has 64 heavy (non-hydrogen) atoms. The summed E-state index contributed by atoms with van der Waals surface area (Å²) >= 11 is 0. The van der Waals surface area contributed by atoms with Crippen LogP contribution in [0.3, 0.4) is 0 Å². The van der Waals surface area contributed by atoms with Crippen molar-refractivity contribution in [3.63, 3.8) is 0 Å². The maximum Gasteiger partial charge on any atom is 0.164 e. The van der Waals surface area contributed by atoms with Crippen LogP contribution in [0.1, 0.15) is 75.2 Å². The molecular formula is C52H54N12. The van der Waals surface area contributed by atoms with E-state index in [-0.39, 0.29) is 11.6 Å². The van der Waals surface area contributed by atoms with Crippen LogP contribution in [0.25, 0.3) is 45.3 Å². The Morgan fingerprint density at radius 3 is 1.14 bits per heavy atom. The van der Waals surface area contributed by atoms with E-state index in [2.05, 4.69) is 114 Å². The number of hydrogen-bond donors (Lipinski definition) is 2. The van der Waals surface area contributed by atoms with E-state index in [1.54, 1.807) is 15.4 Å². The molecule has 12 heteroatoms. The van der Waals surface area contributed by atoms with Gasteiger partial charge in [0.15, 0.2) is 40.5 Å². The average molecular weight is 847 g/mol. The van der Waals surface area contributed by atoms with Crippen molar-refractivity contribution < 1.29 is 0 Å². The lowest BCUT2D eigenvalue weighted by atomic mass is 9.91. The topological polar surface area (TPSA) is 163 Å². The highest BCUT2D eigenvalue weighted by molar-refractivity contribution is 5.71. The van der Waals surface area contributed by atoms with Gasteiger partial charge in [-0.25, -0.2) is 9.97 Å². The Morgan fingerprint density at radius 1 is 0.453 bits per heavy atom. The summed E-state index contributed by atoms with van der Waals surface area (Å²) in [5.74, 6) is 1.80. The van der Waals surface area contributed by atoms with Gasteiger partial charge in [0.25, 0.3) is 0 Å². The number of azo groups is 2. The number of aryl methyl sites for hydroxylation is 4. The Labute approximate surface area is 374 Å². The molecule has 0 aliphatic rings. The van der Waals surface area contributed by atoms with Crippen molar-refractivity contribution in [2.75, 3.05) is 11.5 Å². The lowest BCUT2D eigenvalue weighted by Crippen LogP contribution is -2.15. The van der Waals surface area contributed by atoms with Crippen LogP contribution >= 0.6 is 0 Å². The summed E-state index contributed by atoms with van der Waals surface area (Å²) in [7, 11) is 0. The van der Waals surface area contributed by atoms with Gasteiger partial charge in [0.1, 0.15) is 0 Å². The van der Waals surface area contributed by atoms with Crippen LogP contribution in [0.15, 0.2) is 142 Å². The van der Waals surface area contributed by atoms with Gasteiger partial charge in [0.2, 0.25) is 0 Å². The number of anilines is 2. The average Bonchev–Trinajstić information content (AvgIpc) is 3.79. The number of nitrogen functional groups attached to an aromatic ring is 2. The molecule has 0 saturated carbocycles. The smallest absolute Gasteiger partial charge is 0.164 e. The van der Waals surface area contributed by atoms with Crippen LogP contribution in [0.4, 0.5) is 34.4 Å². The van der Waals surface area contributed by atoms with Crippen LogP contribution in [0, 0.1) is 27.7 Å². The second kappa shape index (κ2) is 16.9. The predicted octanol–water partition coefficient (Wildman–Crippen LogP) is 13.7. The summed E-state index contributed by atoms with van der Waals surface area (Å²) in [6.07, 6.45) is 0. The minimum absolute atomic E-state index is 0.272. The van der Waals surface area contributed by atoms with Crippen molar-refractivity contribution in [3.05, 3.63) is 155 Å². The van der Waals surface area contributed by atoms with Gasteiger partial charge >= 0.3 is 0 Å². The molecule has 0 bridgehead atoms. The van der Waals surface area contributed by atoms with Gasteiger partial charge in [-0.15, -0.1) is 10.2 Å². The molecule has 0 atom stereocenters. The summed E-state index contributed by atoms with van der Waals surface area (Å²) in [6.45, 7) is 20.6. The highest BCUT2D eigenvalue weighted by atomic mass is 15.4. The maximum atomic E-state index is 7.02. The van der Waals surface area contributed by atoms with E-state index in [9.17, 15) is 0 Å². The molecule has 322 valence electrons. The van der Waals surface area contributed by atoms with E-state index in [4.69, 9.17) is 41.9 Å². The minimum atomic E-state index is -0.455.